The van der Waals surface area contributed by atoms with Crippen LogP contribution >= 0.6 is 0 Å². The summed E-state index contributed by atoms with van der Waals surface area (Å²) in [5.41, 5.74) is 2.90. The molecule has 0 aliphatic rings. The van der Waals surface area contributed by atoms with Crippen LogP contribution in [0, 0.1) is 5.41 Å². The summed E-state index contributed by atoms with van der Waals surface area (Å²) in [5, 5.41) is 0. The Balaban J connectivity index is 2.01. The van der Waals surface area contributed by atoms with Crippen molar-refractivity contribution >= 4 is 5.97 Å². The Kier molecular flexibility index (Phi) is 4.23. The number of hydrogen-bond acceptors (Lipinski definition) is 2. The van der Waals surface area contributed by atoms with Crippen LogP contribution in [0.1, 0.15) is 26.3 Å². The van der Waals surface area contributed by atoms with Gasteiger partial charge >= 0.3 is 5.97 Å². The first-order valence-electron chi connectivity index (χ1n) is 6.78. The van der Waals surface area contributed by atoms with Crippen LogP contribution in [-0.2, 0) is 16.1 Å². The summed E-state index contributed by atoms with van der Waals surface area (Å²) in [6, 6.07) is 18.3. The average molecular weight is 268 g/mol. The first kappa shape index (κ1) is 14.3. The number of hydrogen-bond donors (Lipinski definition) is 0. The Labute approximate surface area is 120 Å². The Morgan fingerprint density at radius 3 is 2.00 bits per heavy atom. The Hall–Kier alpha value is -2.09. The second-order valence-corrected chi connectivity index (χ2v) is 5.89. The molecular weight excluding hydrogens is 248 g/mol. The summed E-state index contributed by atoms with van der Waals surface area (Å²) >= 11 is 0. The zero-order chi connectivity index (χ0) is 14.6. The maximum Gasteiger partial charge on any atom is 0.311 e. The van der Waals surface area contributed by atoms with Crippen molar-refractivity contribution in [3.63, 3.8) is 0 Å². The fourth-order valence-corrected chi connectivity index (χ4v) is 1.79. The van der Waals surface area contributed by atoms with Crippen molar-refractivity contribution < 1.29 is 9.53 Å². The lowest BCUT2D eigenvalue weighted by Crippen LogP contribution is -2.22. The van der Waals surface area contributed by atoms with Crippen molar-refractivity contribution in [2.45, 2.75) is 27.4 Å². The van der Waals surface area contributed by atoms with Crippen LogP contribution in [0.5, 0.6) is 0 Å². The van der Waals surface area contributed by atoms with Gasteiger partial charge in [0.2, 0.25) is 0 Å². The summed E-state index contributed by atoms with van der Waals surface area (Å²) < 4.78 is 5.30. The summed E-state index contributed by atoms with van der Waals surface area (Å²) in [7, 11) is 0. The number of rotatable bonds is 3. The molecule has 0 aromatic heterocycles. The normalized spacial score (nSPS) is 11.2. The quantitative estimate of drug-likeness (QED) is 0.769. The van der Waals surface area contributed by atoms with Gasteiger partial charge in [0.25, 0.3) is 0 Å². The van der Waals surface area contributed by atoms with E-state index in [0.717, 1.165) is 11.1 Å². The van der Waals surface area contributed by atoms with Gasteiger partial charge in [-0.1, -0.05) is 54.6 Å². The van der Waals surface area contributed by atoms with Gasteiger partial charge in [0, 0.05) is 0 Å². The zero-order valence-corrected chi connectivity index (χ0v) is 12.2. The van der Waals surface area contributed by atoms with Gasteiger partial charge in [-0.3, -0.25) is 4.79 Å². The molecule has 20 heavy (non-hydrogen) atoms. The lowest BCUT2D eigenvalue weighted by atomic mass is 9.97. The number of ether oxygens (including phenoxy) is 1. The standard InChI is InChI=1S/C18H20O2/c1-18(2,3)17(19)20-13-14-9-11-16(12-10-14)15-7-5-4-6-8-15/h4-12H,13H2,1-3H3. The van der Waals surface area contributed by atoms with Crippen LogP contribution in [0.2, 0.25) is 0 Å². The van der Waals surface area contributed by atoms with Gasteiger partial charge in [-0.05, 0) is 37.5 Å². The van der Waals surface area contributed by atoms with E-state index < -0.39 is 5.41 Å². The Bertz CT molecular complexity index is 563. The average Bonchev–Trinajstić information content (AvgIpc) is 2.45. The molecule has 0 atom stereocenters. The first-order valence-corrected chi connectivity index (χ1v) is 6.78. The molecule has 0 fully saturated rings. The van der Waals surface area contributed by atoms with Crippen LogP contribution in [-0.4, -0.2) is 5.97 Å². The van der Waals surface area contributed by atoms with E-state index >= 15 is 0 Å². The minimum absolute atomic E-state index is 0.176. The van der Waals surface area contributed by atoms with Gasteiger partial charge < -0.3 is 4.74 Å². The van der Waals surface area contributed by atoms with E-state index in [0.29, 0.717) is 6.61 Å². The minimum atomic E-state index is -0.454. The second-order valence-electron chi connectivity index (χ2n) is 5.89. The molecule has 2 aromatic carbocycles. The molecule has 2 heteroatoms. The lowest BCUT2D eigenvalue weighted by molar-refractivity contribution is -0.154. The number of carbonyl (C=O) groups excluding carboxylic acids is 1. The molecule has 0 amide bonds. The van der Waals surface area contributed by atoms with Gasteiger partial charge in [0.15, 0.2) is 0 Å². The maximum atomic E-state index is 11.7. The molecule has 2 rings (SSSR count). The van der Waals surface area contributed by atoms with E-state index in [9.17, 15) is 4.79 Å². The van der Waals surface area contributed by atoms with Crippen molar-refractivity contribution in [2.75, 3.05) is 0 Å². The van der Waals surface area contributed by atoms with E-state index in [1.807, 2.05) is 51.1 Å². The molecule has 2 aromatic rings. The van der Waals surface area contributed by atoms with Crippen LogP contribution in [0.3, 0.4) is 0 Å². The molecule has 0 spiro atoms. The summed E-state index contributed by atoms with van der Waals surface area (Å²) in [5.74, 6) is -0.176. The third-order valence-corrected chi connectivity index (χ3v) is 3.04. The first-order chi connectivity index (χ1) is 9.47. The molecule has 0 saturated heterocycles. The highest BCUT2D eigenvalue weighted by molar-refractivity contribution is 5.75. The zero-order valence-electron chi connectivity index (χ0n) is 12.2. The van der Waals surface area contributed by atoms with Crippen molar-refractivity contribution in [2.24, 2.45) is 5.41 Å². The molecule has 0 bridgehead atoms. The van der Waals surface area contributed by atoms with Crippen molar-refractivity contribution in [3.05, 3.63) is 60.2 Å². The topological polar surface area (TPSA) is 26.3 Å². The third kappa shape index (κ3) is 3.70. The van der Waals surface area contributed by atoms with E-state index in [1.165, 1.54) is 5.56 Å². The molecule has 0 saturated carbocycles. The lowest BCUT2D eigenvalue weighted by Gasteiger charge is -2.16. The molecule has 0 heterocycles. The fourth-order valence-electron chi connectivity index (χ4n) is 1.79. The molecule has 0 N–H and O–H groups in total. The maximum absolute atomic E-state index is 11.7. The molecular formula is C18H20O2. The van der Waals surface area contributed by atoms with Crippen LogP contribution < -0.4 is 0 Å². The number of benzene rings is 2. The number of carbonyl (C=O) groups is 1. The molecule has 0 aliphatic heterocycles. The molecule has 2 nitrogen and oxygen atoms in total. The van der Waals surface area contributed by atoms with Gasteiger partial charge in [-0.2, -0.15) is 0 Å². The van der Waals surface area contributed by atoms with E-state index in [4.69, 9.17) is 4.74 Å². The smallest absolute Gasteiger partial charge is 0.311 e. The Morgan fingerprint density at radius 1 is 0.900 bits per heavy atom. The Morgan fingerprint density at radius 2 is 1.45 bits per heavy atom. The predicted molar refractivity (Wildman–Crippen MR) is 81.1 cm³/mol. The highest BCUT2D eigenvalue weighted by atomic mass is 16.5. The SMILES string of the molecule is CC(C)(C)C(=O)OCc1ccc(-c2ccccc2)cc1. The van der Waals surface area contributed by atoms with Crippen molar-refractivity contribution in [1.82, 2.24) is 0 Å². The molecule has 0 unspecified atom stereocenters. The van der Waals surface area contributed by atoms with E-state index in [1.54, 1.807) is 0 Å². The van der Waals surface area contributed by atoms with Crippen LogP contribution in [0.25, 0.3) is 11.1 Å². The van der Waals surface area contributed by atoms with Gasteiger partial charge in [0.05, 0.1) is 5.41 Å². The molecule has 0 radical (unpaired) electrons. The largest absolute Gasteiger partial charge is 0.460 e. The predicted octanol–water partition coefficient (Wildman–Crippen LogP) is 4.44. The minimum Gasteiger partial charge on any atom is -0.460 e. The van der Waals surface area contributed by atoms with E-state index in [2.05, 4.69) is 24.3 Å². The van der Waals surface area contributed by atoms with Crippen LogP contribution in [0.4, 0.5) is 0 Å². The highest BCUT2D eigenvalue weighted by Crippen LogP contribution is 2.20. The van der Waals surface area contributed by atoms with Crippen molar-refractivity contribution in [1.29, 1.82) is 0 Å². The third-order valence-electron chi connectivity index (χ3n) is 3.04. The second kappa shape index (κ2) is 5.91. The van der Waals surface area contributed by atoms with Gasteiger partial charge in [-0.25, -0.2) is 0 Å². The van der Waals surface area contributed by atoms with Crippen LogP contribution in [0.15, 0.2) is 54.6 Å². The molecule has 0 aliphatic carbocycles. The van der Waals surface area contributed by atoms with Crippen molar-refractivity contribution in [3.8, 4) is 11.1 Å². The highest BCUT2D eigenvalue weighted by Gasteiger charge is 2.22. The monoisotopic (exact) mass is 268 g/mol. The van der Waals surface area contributed by atoms with E-state index in [-0.39, 0.29) is 5.97 Å². The summed E-state index contributed by atoms with van der Waals surface area (Å²) in [4.78, 5) is 11.7. The summed E-state index contributed by atoms with van der Waals surface area (Å²) in [6.45, 7) is 5.89. The van der Waals surface area contributed by atoms with Gasteiger partial charge in [-0.15, -0.1) is 0 Å². The molecule has 104 valence electrons. The number of esters is 1. The fraction of sp³-hybridized carbons (Fsp3) is 0.278. The summed E-state index contributed by atoms with van der Waals surface area (Å²) in [6.07, 6.45) is 0. The van der Waals surface area contributed by atoms with Gasteiger partial charge in [0.1, 0.15) is 6.61 Å².